The lowest BCUT2D eigenvalue weighted by Gasteiger charge is -2.36. The molecule has 0 aromatic heterocycles. The molecule has 1 aromatic carbocycles. The minimum absolute atomic E-state index is 0.0311. The number of rotatable bonds is 3. The number of carbonyl (C=O) groups excluding carboxylic acids is 1. The first-order chi connectivity index (χ1) is 13.4. The summed E-state index contributed by atoms with van der Waals surface area (Å²) in [7, 11) is -2.93. The normalized spacial score (nSPS) is 29.3. The van der Waals surface area contributed by atoms with Crippen molar-refractivity contribution < 1.29 is 28.7 Å². The molecule has 1 aliphatic heterocycles. The molecule has 6 nitrogen and oxygen atoms in total. The fraction of sp³-hybridized carbons (Fsp3) is 0.682. The van der Waals surface area contributed by atoms with Gasteiger partial charge < -0.3 is 23.9 Å². The van der Waals surface area contributed by atoms with Crippen LogP contribution in [0.2, 0.25) is 0 Å². The summed E-state index contributed by atoms with van der Waals surface area (Å²) in [5.41, 5.74) is 0. The molecular weight excluding hydrogens is 391 g/mol. The van der Waals surface area contributed by atoms with Gasteiger partial charge in [0.05, 0.1) is 5.30 Å². The Labute approximate surface area is 173 Å². The van der Waals surface area contributed by atoms with Crippen LogP contribution in [-0.2, 0) is 9.30 Å². The van der Waals surface area contributed by atoms with E-state index in [1.165, 1.54) is 12.1 Å². The predicted molar refractivity (Wildman–Crippen MR) is 113 cm³/mol. The summed E-state index contributed by atoms with van der Waals surface area (Å²) in [6.07, 6.45) is 2.07. The van der Waals surface area contributed by atoms with Crippen LogP contribution in [-0.4, -0.2) is 28.9 Å². The Hall–Kier alpha value is -1.68. The number of hydrogen-bond donors (Lipinski definition) is 1. The standard InChI is InChI=1S/C22H33O6P/c1-13(2)16-8-7-14(3)9-18(16)28-21(24)27-15-10-17(23)20-19(11-15)26-12-29(20,25)22(4,5)6/h10-11,13-14,16,18,23H,7-9,12H2,1-6H3/t14-,16+,18?,29?/m0/s1. The van der Waals surface area contributed by atoms with Crippen molar-refractivity contribution in [3.05, 3.63) is 12.1 Å². The highest BCUT2D eigenvalue weighted by molar-refractivity contribution is 7.73. The van der Waals surface area contributed by atoms with E-state index in [2.05, 4.69) is 20.8 Å². The van der Waals surface area contributed by atoms with Gasteiger partial charge in [0, 0.05) is 17.3 Å². The van der Waals surface area contributed by atoms with E-state index in [1.54, 1.807) is 0 Å². The van der Waals surface area contributed by atoms with Gasteiger partial charge in [-0.1, -0.05) is 48.0 Å². The molecule has 0 bridgehead atoms. The van der Waals surface area contributed by atoms with E-state index in [0.29, 0.717) is 28.8 Å². The van der Waals surface area contributed by atoms with Crippen molar-refractivity contribution in [3.8, 4) is 17.2 Å². The average Bonchev–Trinajstić information content (AvgIpc) is 2.93. The number of phenolic OH excluding ortho intramolecular Hbond substituents is 1. The van der Waals surface area contributed by atoms with Crippen LogP contribution in [0, 0.1) is 17.8 Å². The zero-order valence-electron chi connectivity index (χ0n) is 18.2. The summed E-state index contributed by atoms with van der Waals surface area (Å²) < 4.78 is 30.0. The fourth-order valence-corrected chi connectivity index (χ4v) is 6.78. The molecule has 2 aliphatic rings. The summed E-state index contributed by atoms with van der Waals surface area (Å²) in [4.78, 5) is 12.4. The van der Waals surface area contributed by atoms with Gasteiger partial charge >= 0.3 is 6.16 Å². The van der Waals surface area contributed by atoms with E-state index in [9.17, 15) is 14.5 Å². The number of aromatic hydroxyl groups is 1. The monoisotopic (exact) mass is 424 g/mol. The van der Waals surface area contributed by atoms with Crippen LogP contribution in [0.3, 0.4) is 0 Å². The molecule has 0 spiro atoms. The molecular formula is C22H33O6P. The lowest BCUT2D eigenvalue weighted by atomic mass is 9.75. The van der Waals surface area contributed by atoms with E-state index in [4.69, 9.17) is 14.2 Å². The maximum atomic E-state index is 13.4. The molecule has 1 heterocycles. The minimum Gasteiger partial charge on any atom is -0.507 e. The SMILES string of the molecule is CC(C)[C@H]1CC[C@H](C)CC1OC(=O)Oc1cc(O)c2c(c1)OCP2(=O)C(C)(C)C. The van der Waals surface area contributed by atoms with Gasteiger partial charge in [-0.15, -0.1) is 0 Å². The first-order valence-electron chi connectivity index (χ1n) is 10.4. The maximum absolute atomic E-state index is 13.4. The first-order valence-corrected chi connectivity index (χ1v) is 12.3. The van der Waals surface area contributed by atoms with Gasteiger partial charge in [0.2, 0.25) is 0 Å². The van der Waals surface area contributed by atoms with Crippen LogP contribution in [0.15, 0.2) is 12.1 Å². The second-order valence-corrected chi connectivity index (χ2v) is 13.3. The Morgan fingerprint density at radius 3 is 2.59 bits per heavy atom. The molecule has 7 heteroatoms. The molecule has 1 aromatic rings. The Morgan fingerprint density at radius 2 is 1.97 bits per heavy atom. The van der Waals surface area contributed by atoms with Crippen molar-refractivity contribution in [1.29, 1.82) is 0 Å². The lowest BCUT2D eigenvalue weighted by molar-refractivity contribution is -0.0136. The molecule has 1 aliphatic carbocycles. The van der Waals surface area contributed by atoms with Crippen LogP contribution < -0.4 is 14.8 Å². The van der Waals surface area contributed by atoms with Crippen molar-refractivity contribution in [2.24, 2.45) is 17.8 Å². The Morgan fingerprint density at radius 1 is 1.28 bits per heavy atom. The fourth-order valence-electron chi connectivity index (χ4n) is 4.35. The Kier molecular flexibility index (Phi) is 5.97. The smallest absolute Gasteiger partial charge is 0.507 e. The number of hydrogen-bond acceptors (Lipinski definition) is 6. The van der Waals surface area contributed by atoms with Crippen molar-refractivity contribution in [1.82, 2.24) is 0 Å². The first kappa shape index (κ1) is 22.0. The quantitative estimate of drug-likeness (QED) is 0.392. The highest BCUT2D eigenvalue weighted by Crippen LogP contribution is 2.63. The van der Waals surface area contributed by atoms with Crippen LogP contribution in [0.4, 0.5) is 4.79 Å². The van der Waals surface area contributed by atoms with Gasteiger partial charge in [-0.25, -0.2) is 4.79 Å². The van der Waals surface area contributed by atoms with Crippen LogP contribution >= 0.6 is 7.14 Å². The van der Waals surface area contributed by atoms with Crippen molar-refractivity contribution in [2.45, 2.75) is 72.1 Å². The molecule has 0 amide bonds. The largest absolute Gasteiger partial charge is 0.514 e. The third-order valence-electron chi connectivity index (χ3n) is 6.29. The third-order valence-corrected chi connectivity index (χ3v) is 10.1. The number of phenols is 1. The molecule has 29 heavy (non-hydrogen) atoms. The van der Waals surface area contributed by atoms with E-state index in [1.807, 2.05) is 20.8 Å². The summed E-state index contributed by atoms with van der Waals surface area (Å²) in [6.45, 7) is 12.1. The number of fused-ring (bicyclic) bond motifs is 1. The van der Waals surface area contributed by atoms with E-state index in [-0.39, 0.29) is 24.0 Å². The molecule has 3 rings (SSSR count). The minimum atomic E-state index is -2.93. The number of benzene rings is 1. The zero-order chi connectivity index (χ0) is 21.6. The zero-order valence-corrected chi connectivity index (χ0v) is 19.1. The Balaban J connectivity index is 1.75. The second-order valence-electron chi connectivity index (χ2n) is 9.81. The van der Waals surface area contributed by atoms with Crippen molar-refractivity contribution in [3.63, 3.8) is 0 Å². The van der Waals surface area contributed by atoms with Crippen LogP contribution in [0.1, 0.15) is 60.8 Å². The lowest BCUT2D eigenvalue weighted by Crippen LogP contribution is -2.36. The van der Waals surface area contributed by atoms with Crippen molar-refractivity contribution in [2.75, 3.05) is 6.35 Å². The van der Waals surface area contributed by atoms with Gasteiger partial charge in [-0.3, -0.25) is 0 Å². The van der Waals surface area contributed by atoms with Gasteiger partial charge in [0.15, 0.2) is 7.14 Å². The van der Waals surface area contributed by atoms with E-state index < -0.39 is 18.5 Å². The summed E-state index contributed by atoms with van der Waals surface area (Å²) in [5, 5.41) is 10.3. The van der Waals surface area contributed by atoms with Gasteiger partial charge in [-0.05, 0) is 30.6 Å². The van der Waals surface area contributed by atoms with Crippen molar-refractivity contribution >= 4 is 18.6 Å². The van der Waals surface area contributed by atoms with Gasteiger partial charge in [0.25, 0.3) is 0 Å². The molecule has 0 radical (unpaired) electrons. The third kappa shape index (κ3) is 4.28. The molecule has 0 saturated heterocycles. The molecule has 4 atom stereocenters. The molecule has 1 N–H and O–H groups in total. The Bertz CT molecular complexity index is 825. The van der Waals surface area contributed by atoms with Crippen LogP contribution in [0.5, 0.6) is 17.2 Å². The summed E-state index contributed by atoms with van der Waals surface area (Å²) >= 11 is 0. The average molecular weight is 424 g/mol. The molecule has 1 saturated carbocycles. The molecule has 2 unspecified atom stereocenters. The van der Waals surface area contributed by atoms with Gasteiger partial charge in [-0.2, -0.15) is 0 Å². The summed E-state index contributed by atoms with van der Waals surface area (Å²) in [6, 6.07) is 2.82. The molecule has 162 valence electrons. The number of carbonyl (C=O) groups is 1. The van der Waals surface area contributed by atoms with E-state index in [0.717, 1.165) is 19.3 Å². The predicted octanol–water partition coefficient (Wildman–Crippen LogP) is 5.51. The maximum Gasteiger partial charge on any atom is 0.514 e. The number of ether oxygens (including phenoxy) is 3. The topological polar surface area (TPSA) is 82.1 Å². The molecule has 1 fully saturated rings. The highest BCUT2D eigenvalue weighted by Gasteiger charge is 2.47. The summed E-state index contributed by atoms with van der Waals surface area (Å²) in [5.74, 6) is 1.49. The second kappa shape index (κ2) is 7.86. The van der Waals surface area contributed by atoms with E-state index >= 15 is 0 Å². The highest BCUT2D eigenvalue weighted by atomic mass is 31.2. The van der Waals surface area contributed by atoms with Crippen LogP contribution in [0.25, 0.3) is 0 Å². The van der Waals surface area contributed by atoms with Gasteiger partial charge in [0.1, 0.15) is 29.7 Å².